The molecule has 1 atom stereocenters. The van der Waals surface area contributed by atoms with E-state index in [0.29, 0.717) is 12.5 Å². The highest BCUT2D eigenvalue weighted by Gasteiger charge is 2.28. The summed E-state index contributed by atoms with van der Waals surface area (Å²) in [6.45, 7) is 6.53. The van der Waals surface area contributed by atoms with E-state index >= 15 is 0 Å². The smallest absolute Gasteiger partial charge is 0.309 e. The number of carbonyl (C=O) groups excluding carboxylic acids is 1. The van der Waals surface area contributed by atoms with E-state index in [1.807, 2.05) is 6.92 Å². The van der Waals surface area contributed by atoms with E-state index in [-0.39, 0.29) is 11.9 Å². The van der Waals surface area contributed by atoms with Gasteiger partial charge in [0.25, 0.3) is 0 Å². The van der Waals surface area contributed by atoms with Gasteiger partial charge in [-0.15, -0.1) is 0 Å². The monoisotopic (exact) mass is 199 g/mol. The van der Waals surface area contributed by atoms with E-state index in [1.165, 1.54) is 0 Å². The maximum absolute atomic E-state index is 11.6. The van der Waals surface area contributed by atoms with Crippen molar-refractivity contribution in [3.8, 4) is 0 Å². The second kappa shape index (κ2) is 6.02. The van der Waals surface area contributed by atoms with Gasteiger partial charge in [-0.25, -0.2) is 0 Å². The molecule has 1 heterocycles. The van der Waals surface area contributed by atoms with Crippen LogP contribution in [0.15, 0.2) is 0 Å². The molecule has 1 rings (SSSR count). The molecule has 1 aliphatic heterocycles. The summed E-state index contributed by atoms with van der Waals surface area (Å²) in [5, 5.41) is 3.31. The van der Waals surface area contributed by atoms with E-state index < -0.39 is 0 Å². The summed E-state index contributed by atoms with van der Waals surface area (Å²) in [7, 11) is 0. The molecule has 0 unspecified atom stereocenters. The quantitative estimate of drug-likeness (QED) is 0.698. The third kappa shape index (κ3) is 2.98. The first-order valence-electron chi connectivity index (χ1n) is 5.66. The Morgan fingerprint density at radius 2 is 2.07 bits per heavy atom. The van der Waals surface area contributed by atoms with Crippen LogP contribution in [0.5, 0.6) is 0 Å². The maximum atomic E-state index is 11.6. The van der Waals surface area contributed by atoms with Crippen molar-refractivity contribution in [1.29, 1.82) is 0 Å². The fraction of sp³-hybridized carbons (Fsp3) is 0.909. The van der Waals surface area contributed by atoms with Crippen molar-refractivity contribution in [3.05, 3.63) is 0 Å². The van der Waals surface area contributed by atoms with Crippen molar-refractivity contribution < 1.29 is 9.53 Å². The molecular weight excluding hydrogens is 178 g/mol. The van der Waals surface area contributed by atoms with Gasteiger partial charge in [-0.3, -0.25) is 4.79 Å². The normalized spacial score (nSPS) is 20.4. The van der Waals surface area contributed by atoms with Crippen LogP contribution in [0.3, 0.4) is 0 Å². The molecule has 0 aromatic carbocycles. The molecule has 82 valence electrons. The van der Waals surface area contributed by atoms with E-state index in [2.05, 4.69) is 12.2 Å². The van der Waals surface area contributed by atoms with Gasteiger partial charge in [0.15, 0.2) is 0 Å². The van der Waals surface area contributed by atoms with Crippen molar-refractivity contribution in [2.45, 2.75) is 33.1 Å². The van der Waals surface area contributed by atoms with Gasteiger partial charge in [0.2, 0.25) is 0 Å². The Bertz CT molecular complexity index is 176. The van der Waals surface area contributed by atoms with Crippen LogP contribution in [0.2, 0.25) is 0 Å². The molecule has 1 N–H and O–H groups in total. The van der Waals surface area contributed by atoms with Gasteiger partial charge in [-0.1, -0.05) is 6.92 Å². The molecule has 1 aliphatic rings. The predicted octanol–water partition coefficient (Wildman–Crippen LogP) is 1.58. The lowest BCUT2D eigenvalue weighted by Gasteiger charge is -2.28. The third-order valence-electron chi connectivity index (χ3n) is 2.98. The zero-order chi connectivity index (χ0) is 10.4. The van der Waals surface area contributed by atoms with Gasteiger partial charge in [0.05, 0.1) is 12.5 Å². The molecule has 0 aliphatic carbocycles. The summed E-state index contributed by atoms with van der Waals surface area (Å²) in [5.74, 6) is 0.652. The average Bonchev–Trinajstić information content (AvgIpc) is 2.21. The van der Waals surface area contributed by atoms with Gasteiger partial charge in [0, 0.05) is 0 Å². The van der Waals surface area contributed by atoms with Crippen molar-refractivity contribution >= 4 is 5.97 Å². The maximum Gasteiger partial charge on any atom is 0.309 e. The van der Waals surface area contributed by atoms with Crippen LogP contribution in [0, 0.1) is 11.8 Å². The molecule has 0 aromatic rings. The highest BCUT2D eigenvalue weighted by molar-refractivity contribution is 5.72. The standard InChI is InChI=1S/C11H21NO2/c1-3-10(11(13)14-4-2)9-5-7-12-8-6-9/h9-10,12H,3-8H2,1-2H3/t10-/m1/s1. The molecule has 0 aromatic heterocycles. The summed E-state index contributed by atoms with van der Waals surface area (Å²) < 4.78 is 5.09. The van der Waals surface area contributed by atoms with Crippen molar-refractivity contribution in [2.75, 3.05) is 19.7 Å². The number of nitrogens with one attached hydrogen (secondary N) is 1. The number of hydrogen-bond donors (Lipinski definition) is 1. The number of carbonyl (C=O) groups is 1. The zero-order valence-corrected chi connectivity index (χ0v) is 9.21. The van der Waals surface area contributed by atoms with E-state index in [4.69, 9.17) is 4.74 Å². The van der Waals surface area contributed by atoms with Gasteiger partial charge < -0.3 is 10.1 Å². The minimum absolute atomic E-state index is 0.00176. The van der Waals surface area contributed by atoms with Crippen LogP contribution < -0.4 is 5.32 Å². The van der Waals surface area contributed by atoms with E-state index in [1.54, 1.807) is 0 Å². The fourth-order valence-electron chi connectivity index (χ4n) is 2.19. The summed E-state index contributed by atoms with van der Waals surface area (Å²) in [5.41, 5.74) is 0. The lowest BCUT2D eigenvalue weighted by atomic mass is 9.83. The van der Waals surface area contributed by atoms with Gasteiger partial charge in [-0.05, 0) is 45.2 Å². The third-order valence-corrected chi connectivity index (χ3v) is 2.98. The average molecular weight is 199 g/mol. The molecule has 0 radical (unpaired) electrons. The second-order valence-corrected chi connectivity index (χ2v) is 3.85. The molecule has 1 saturated heterocycles. The molecule has 3 heteroatoms. The summed E-state index contributed by atoms with van der Waals surface area (Å²) >= 11 is 0. The minimum Gasteiger partial charge on any atom is -0.466 e. The highest BCUT2D eigenvalue weighted by Crippen LogP contribution is 2.25. The van der Waals surface area contributed by atoms with Crippen LogP contribution in [-0.4, -0.2) is 25.7 Å². The molecule has 1 fully saturated rings. The van der Waals surface area contributed by atoms with Crippen molar-refractivity contribution in [1.82, 2.24) is 5.32 Å². The van der Waals surface area contributed by atoms with E-state index in [9.17, 15) is 4.79 Å². The van der Waals surface area contributed by atoms with Gasteiger partial charge in [-0.2, -0.15) is 0 Å². The molecule has 3 nitrogen and oxygen atoms in total. The Hall–Kier alpha value is -0.570. The first kappa shape index (κ1) is 11.5. The molecule has 0 amide bonds. The Morgan fingerprint density at radius 3 is 2.57 bits per heavy atom. The van der Waals surface area contributed by atoms with Crippen molar-refractivity contribution in [2.24, 2.45) is 11.8 Å². The Morgan fingerprint density at radius 1 is 1.43 bits per heavy atom. The van der Waals surface area contributed by atoms with Crippen LogP contribution >= 0.6 is 0 Å². The second-order valence-electron chi connectivity index (χ2n) is 3.85. The number of piperidine rings is 1. The lowest BCUT2D eigenvalue weighted by Crippen LogP contribution is -2.35. The number of rotatable bonds is 4. The van der Waals surface area contributed by atoms with Crippen molar-refractivity contribution in [3.63, 3.8) is 0 Å². The van der Waals surface area contributed by atoms with Crippen LogP contribution in [0.4, 0.5) is 0 Å². The molecular formula is C11H21NO2. The molecule has 0 bridgehead atoms. The van der Waals surface area contributed by atoms with E-state index in [0.717, 1.165) is 32.4 Å². The SMILES string of the molecule is CCOC(=O)[C@H](CC)C1CCNCC1. The fourth-order valence-corrected chi connectivity index (χ4v) is 2.19. The van der Waals surface area contributed by atoms with Gasteiger partial charge >= 0.3 is 5.97 Å². The predicted molar refractivity (Wildman–Crippen MR) is 56.0 cm³/mol. The van der Waals surface area contributed by atoms with Crippen LogP contribution in [0.25, 0.3) is 0 Å². The van der Waals surface area contributed by atoms with Crippen LogP contribution in [0.1, 0.15) is 33.1 Å². The Balaban J connectivity index is 2.46. The largest absolute Gasteiger partial charge is 0.466 e. The summed E-state index contributed by atoms with van der Waals surface area (Å²) in [4.78, 5) is 11.6. The first-order chi connectivity index (χ1) is 6.79. The lowest BCUT2D eigenvalue weighted by molar-refractivity contribution is -0.150. The molecule has 14 heavy (non-hydrogen) atoms. The van der Waals surface area contributed by atoms with Crippen LogP contribution in [-0.2, 0) is 9.53 Å². The zero-order valence-electron chi connectivity index (χ0n) is 9.21. The summed E-state index contributed by atoms with van der Waals surface area (Å²) in [6, 6.07) is 0. The topological polar surface area (TPSA) is 38.3 Å². The Labute approximate surface area is 86.2 Å². The molecule has 0 spiro atoms. The minimum atomic E-state index is 0.00176. The Kier molecular flexibility index (Phi) is 4.94. The highest BCUT2D eigenvalue weighted by atomic mass is 16.5. The number of esters is 1. The first-order valence-corrected chi connectivity index (χ1v) is 5.66. The number of hydrogen-bond acceptors (Lipinski definition) is 3. The number of ether oxygens (including phenoxy) is 1. The summed E-state index contributed by atoms with van der Waals surface area (Å²) in [6.07, 6.45) is 3.12. The van der Waals surface area contributed by atoms with Gasteiger partial charge in [0.1, 0.15) is 0 Å². The molecule has 0 saturated carbocycles.